The van der Waals surface area contributed by atoms with Gasteiger partial charge in [0.05, 0.1) is 25.3 Å². The highest BCUT2D eigenvalue weighted by Crippen LogP contribution is 2.19. The van der Waals surface area contributed by atoms with Crippen LogP contribution in [0.4, 0.5) is 8.78 Å². The average molecular weight is 406 g/mol. The third-order valence-corrected chi connectivity index (χ3v) is 4.30. The maximum absolute atomic E-state index is 14.0. The summed E-state index contributed by atoms with van der Waals surface area (Å²) in [4.78, 5) is 24.5. The molecule has 0 spiro atoms. The lowest BCUT2D eigenvalue weighted by Gasteiger charge is -2.25. The van der Waals surface area contributed by atoms with Crippen molar-refractivity contribution in [1.29, 1.82) is 0 Å². The Hall–Kier alpha value is -3.16. The number of carbonyl (C=O) groups excluding carboxylic acids is 2. The molecule has 0 heterocycles. The van der Waals surface area contributed by atoms with Crippen molar-refractivity contribution < 1.29 is 27.8 Å². The third-order valence-electron chi connectivity index (χ3n) is 4.30. The van der Waals surface area contributed by atoms with E-state index in [-0.39, 0.29) is 24.2 Å². The molecule has 8 heteroatoms. The number of benzene rings is 2. The van der Waals surface area contributed by atoms with Gasteiger partial charge >= 0.3 is 0 Å². The molecule has 0 unspecified atom stereocenters. The van der Waals surface area contributed by atoms with Crippen LogP contribution in [0, 0.1) is 17.0 Å². The second kappa shape index (κ2) is 9.36. The predicted molar refractivity (Wildman–Crippen MR) is 104 cm³/mol. The molecule has 2 rings (SSSR count). The third kappa shape index (κ3) is 5.91. The Kier molecular flexibility index (Phi) is 7.14. The van der Waals surface area contributed by atoms with Crippen LogP contribution in [0.5, 0.6) is 11.5 Å². The molecule has 0 fully saturated rings. The molecule has 0 bridgehead atoms. The van der Waals surface area contributed by atoms with E-state index in [1.807, 2.05) is 13.8 Å². The first kappa shape index (κ1) is 22.1. The van der Waals surface area contributed by atoms with Crippen LogP contribution in [0.15, 0.2) is 36.4 Å². The van der Waals surface area contributed by atoms with Gasteiger partial charge in [0.25, 0.3) is 11.8 Å². The van der Waals surface area contributed by atoms with Crippen molar-refractivity contribution >= 4 is 11.8 Å². The molecule has 2 aromatic carbocycles. The van der Waals surface area contributed by atoms with Gasteiger partial charge in [-0.15, -0.1) is 0 Å². The molecule has 0 aromatic heterocycles. The van der Waals surface area contributed by atoms with Gasteiger partial charge in [0.15, 0.2) is 0 Å². The molecule has 2 aromatic rings. The Morgan fingerprint density at radius 1 is 0.828 bits per heavy atom. The first-order chi connectivity index (χ1) is 13.7. The maximum atomic E-state index is 14.0. The smallest absolute Gasteiger partial charge is 0.254 e. The molecule has 0 saturated heterocycles. The summed E-state index contributed by atoms with van der Waals surface area (Å²) >= 11 is 0. The number of carbonyl (C=O) groups is 2. The van der Waals surface area contributed by atoms with Crippen LogP contribution in [0.2, 0.25) is 0 Å². The van der Waals surface area contributed by atoms with Crippen molar-refractivity contribution in [2.24, 2.45) is 5.41 Å². The van der Waals surface area contributed by atoms with E-state index in [0.29, 0.717) is 11.5 Å². The van der Waals surface area contributed by atoms with Crippen LogP contribution < -0.4 is 20.1 Å². The number of hydrogen-bond donors (Lipinski definition) is 2. The zero-order valence-corrected chi connectivity index (χ0v) is 16.8. The number of methoxy groups -OCH3 is 2. The van der Waals surface area contributed by atoms with Gasteiger partial charge in [-0.2, -0.15) is 0 Å². The highest BCUT2D eigenvalue weighted by Gasteiger charge is 2.22. The fourth-order valence-corrected chi connectivity index (χ4v) is 2.51. The van der Waals surface area contributed by atoms with E-state index in [9.17, 15) is 18.4 Å². The Bertz CT molecular complexity index is 829. The van der Waals surface area contributed by atoms with E-state index in [1.165, 1.54) is 38.5 Å². The summed E-state index contributed by atoms with van der Waals surface area (Å²) in [5.41, 5.74) is -0.770. The average Bonchev–Trinajstić information content (AvgIpc) is 2.70. The minimum absolute atomic E-state index is 0.106. The summed E-state index contributed by atoms with van der Waals surface area (Å²) in [5.74, 6) is -1.91. The molecule has 0 radical (unpaired) electrons. The van der Waals surface area contributed by atoms with Crippen molar-refractivity contribution in [1.82, 2.24) is 10.6 Å². The molecular weight excluding hydrogens is 382 g/mol. The van der Waals surface area contributed by atoms with Crippen LogP contribution in [-0.2, 0) is 0 Å². The van der Waals surface area contributed by atoms with Gasteiger partial charge in [-0.25, -0.2) is 8.78 Å². The van der Waals surface area contributed by atoms with Gasteiger partial charge in [-0.1, -0.05) is 13.8 Å². The number of hydrogen-bond acceptors (Lipinski definition) is 4. The Labute approximate surface area is 168 Å². The number of amides is 2. The van der Waals surface area contributed by atoms with E-state index < -0.39 is 28.9 Å². The highest BCUT2D eigenvalue weighted by atomic mass is 19.1. The molecule has 2 N–H and O–H groups in total. The zero-order chi connectivity index (χ0) is 21.6. The van der Waals surface area contributed by atoms with E-state index in [1.54, 1.807) is 0 Å². The first-order valence-electron chi connectivity index (χ1n) is 8.90. The fourth-order valence-electron chi connectivity index (χ4n) is 2.51. The predicted octanol–water partition coefficient (Wildman–Crippen LogP) is 3.17. The van der Waals surface area contributed by atoms with E-state index in [0.717, 1.165) is 12.1 Å². The van der Waals surface area contributed by atoms with Gasteiger partial charge in [0.1, 0.15) is 23.1 Å². The molecule has 0 aliphatic rings. The molecule has 29 heavy (non-hydrogen) atoms. The SMILES string of the molecule is COc1ccc(C(=O)NCC(C)(C)CNC(=O)c2ccc(OC)cc2F)c(F)c1. The molecule has 156 valence electrons. The van der Waals surface area contributed by atoms with Crippen molar-refractivity contribution in [2.75, 3.05) is 27.3 Å². The summed E-state index contributed by atoms with van der Waals surface area (Å²) in [6, 6.07) is 7.92. The lowest BCUT2D eigenvalue weighted by atomic mass is 9.93. The summed E-state index contributed by atoms with van der Waals surface area (Å²) in [6.45, 7) is 3.95. The first-order valence-corrected chi connectivity index (χ1v) is 8.90. The number of rotatable bonds is 8. The number of ether oxygens (including phenoxy) is 2. The van der Waals surface area contributed by atoms with Crippen LogP contribution >= 0.6 is 0 Å². The normalized spacial score (nSPS) is 11.0. The molecule has 0 aliphatic carbocycles. The Morgan fingerprint density at radius 3 is 1.52 bits per heavy atom. The lowest BCUT2D eigenvalue weighted by Crippen LogP contribution is -2.42. The molecule has 0 aliphatic heterocycles. The van der Waals surface area contributed by atoms with Gasteiger partial charge in [-0.3, -0.25) is 9.59 Å². The largest absolute Gasteiger partial charge is 0.497 e. The van der Waals surface area contributed by atoms with Crippen LogP contribution in [0.1, 0.15) is 34.6 Å². The number of halogens is 2. The summed E-state index contributed by atoms with van der Waals surface area (Å²) in [5, 5.41) is 5.29. The summed E-state index contributed by atoms with van der Waals surface area (Å²) in [6.07, 6.45) is 0. The monoisotopic (exact) mass is 406 g/mol. The summed E-state index contributed by atoms with van der Waals surface area (Å²) < 4.78 is 37.8. The van der Waals surface area contributed by atoms with Gasteiger partial charge in [0.2, 0.25) is 0 Å². The molecule has 2 amide bonds. The van der Waals surface area contributed by atoms with Gasteiger partial charge < -0.3 is 20.1 Å². The van der Waals surface area contributed by atoms with Crippen LogP contribution in [-0.4, -0.2) is 39.1 Å². The topological polar surface area (TPSA) is 76.7 Å². The lowest BCUT2D eigenvalue weighted by molar-refractivity contribution is 0.0916. The quantitative estimate of drug-likeness (QED) is 0.706. The second-order valence-electron chi connectivity index (χ2n) is 7.22. The zero-order valence-electron chi connectivity index (χ0n) is 16.8. The van der Waals surface area contributed by atoms with E-state index >= 15 is 0 Å². The molecule has 0 atom stereocenters. The van der Waals surface area contributed by atoms with Crippen molar-refractivity contribution in [3.8, 4) is 11.5 Å². The molecule has 0 saturated carbocycles. The number of nitrogens with one attached hydrogen (secondary N) is 2. The Morgan fingerprint density at radius 2 is 1.21 bits per heavy atom. The molecule has 6 nitrogen and oxygen atoms in total. The van der Waals surface area contributed by atoms with Gasteiger partial charge in [-0.05, 0) is 29.7 Å². The van der Waals surface area contributed by atoms with Gasteiger partial charge in [0, 0.05) is 25.2 Å². The minimum Gasteiger partial charge on any atom is -0.497 e. The van der Waals surface area contributed by atoms with Crippen molar-refractivity contribution in [2.45, 2.75) is 13.8 Å². The Balaban J connectivity index is 1.92. The standard InChI is InChI=1S/C21H24F2N2O4/c1-21(2,11-24-19(26)15-7-5-13(28-3)9-17(15)22)12-25-20(27)16-8-6-14(29-4)10-18(16)23/h5-10H,11-12H2,1-4H3,(H,24,26)(H,25,27). The van der Waals surface area contributed by atoms with Crippen molar-refractivity contribution in [3.05, 3.63) is 59.2 Å². The fraction of sp³-hybridized carbons (Fsp3) is 0.333. The van der Waals surface area contributed by atoms with E-state index in [2.05, 4.69) is 10.6 Å². The molecular formula is C21H24F2N2O4. The maximum Gasteiger partial charge on any atom is 0.254 e. The second-order valence-corrected chi connectivity index (χ2v) is 7.22. The summed E-state index contributed by atoms with van der Waals surface area (Å²) in [7, 11) is 2.81. The highest BCUT2D eigenvalue weighted by molar-refractivity contribution is 5.95. The van der Waals surface area contributed by atoms with E-state index in [4.69, 9.17) is 9.47 Å². The van der Waals surface area contributed by atoms with Crippen LogP contribution in [0.25, 0.3) is 0 Å². The minimum atomic E-state index is -0.692. The van der Waals surface area contributed by atoms with Crippen molar-refractivity contribution in [3.63, 3.8) is 0 Å². The van der Waals surface area contributed by atoms with Crippen LogP contribution in [0.3, 0.4) is 0 Å².